The van der Waals surface area contributed by atoms with Crippen LogP contribution in [0.2, 0.25) is 0 Å². The topological polar surface area (TPSA) is 107 Å². The van der Waals surface area contributed by atoms with Gasteiger partial charge in [0.2, 0.25) is 0 Å². The zero-order valence-corrected chi connectivity index (χ0v) is 8.30. The normalized spacial score (nSPS) is 18.7. The van der Waals surface area contributed by atoms with Gasteiger partial charge in [0.15, 0.2) is 0 Å². The van der Waals surface area contributed by atoms with Crippen LogP contribution in [-0.4, -0.2) is 58.0 Å². The Bertz CT molecular complexity index is 252. The van der Waals surface area contributed by atoms with E-state index in [1.807, 2.05) is 0 Å². The number of hydrogen-bond donors (Lipinski definition) is 3. The third-order valence-corrected chi connectivity index (χ3v) is 2.33. The lowest BCUT2D eigenvalue weighted by Crippen LogP contribution is -2.51. The average molecular weight is 217 g/mol. The van der Waals surface area contributed by atoms with Gasteiger partial charge in [-0.3, -0.25) is 4.79 Å². The fraction of sp³-hybridized carbons (Fsp3) is 0.750. The molecule has 0 aromatic carbocycles. The lowest BCUT2D eigenvalue weighted by molar-refractivity contribution is -0.139. The van der Waals surface area contributed by atoms with Crippen LogP contribution in [0.5, 0.6) is 0 Å². The average Bonchev–Trinajstić information content (AvgIpc) is 2.65. The lowest BCUT2D eigenvalue weighted by Gasteiger charge is -2.29. The van der Waals surface area contributed by atoms with Gasteiger partial charge < -0.3 is 15.9 Å². The molecule has 15 heavy (non-hydrogen) atoms. The smallest absolute Gasteiger partial charge is 0.422 e. The second-order valence-corrected chi connectivity index (χ2v) is 3.47. The summed E-state index contributed by atoms with van der Waals surface area (Å²) in [5, 5.41) is 20.1. The second-order valence-electron chi connectivity index (χ2n) is 3.47. The molecule has 1 amide bonds. The minimum Gasteiger partial charge on any atom is -0.480 e. The summed E-state index contributed by atoms with van der Waals surface area (Å²) < 4.78 is 0. The molecular formula is C8H15N3O4. The molecule has 4 N–H and O–H groups in total. The van der Waals surface area contributed by atoms with Crippen LogP contribution in [-0.2, 0) is 4.79 Å². The summed E-state index contributed by atoms with van der Waals surface area (Å²) in [6.07, 6.45) is 0.687. The summed E-state index contributed by atoms with van der Waals surface area (Å²) in [5.74, 6) is -1.19. The van der Waals surface area contributed by atoms with Crippen molar-refractivity contribution in [1.82, 2.24) is 10.0 Å². The number of nitrogens with zero attached hydrogens (tertiary/aromatic N) is 2. The van der Waals surface area contributed by atoms with Gasteiger partial charge in [0.05, 0.1) is 6.54 Å². The summed E-state index contributed by atoms with van der Waals surface area (Å²) in [7, 11) is 0. The van der Waals surface area contributed by atoms with E-state index in [2.05, 4.69) is 0 Å². The van der Waals surface area contributed by atoms with E-state index in [-0.39, 0.29) is 6.54 Å². The fourth-order valence-corrected chi connectivity index (χ4v) is 1.52. The molecule has 0 spiro atoms. The number of carboxylic acid groups (broad SMARTS) is 2. The molecule has 0 aromatic heterocycles. The molecule has 1 aliphatic heterocycles. The number of hydrazine groups is 1. The van der Waals surface area contributed by atoms with E-state index >= 15 is 0 Å². The summed E-state index contributed by atoms with van der Waals surface area (Å²) in [4.78, 5) is 21.4. The molecule has 1 saturated heterocycles. The van der Waals surface area contributed by atoms with Crippen molar-refractivity contribution in [3.63, 3.8) is 0 Å². The quantitative estimate of drug-likeness (QED) is 0.579. The molecular weight excluding hydrogens is 202 g/mol. The molecule has 7 heteroatoms. The maximum absolute atomic E-state index is 10.9. The Morgan fingerprint density at radius 1 is 1.33 bits per heavy atom. The molecule has 0 bridgehead atoms. The molecule has 1 heterocycles. The molecule has 0 unspecified atom stereocenters. The highest BCUT2D eigenvalue weighted by molar-refractivity contribution is 5.74. The van der Waals surface area contributed by atoms with Crippen molar-refractivity contribution in [1.29, 1.82) is 0 Å². The molecule has 1 aliphatic rings. The number of nitrogens with two attached hydrogens (primary N) is 1. The molecule has 1 fully saturated rings. The van der Waals surface area contributed by atoms with Gasteiger partial charge in [0, 0.05) is 13.1 Å². The number of carboxylic acids is 1. The first kappa shape index (κ1) is 11.7. The van der Waals surface area contributed by atoms with Crippen molar-refractivity contribution in [2.75, 3.05) is 19.6 Å². The van der Waals surface area contributed by atoms with Gasteiger partial charge in [-0.25, -0.2) is 14.8 Å². The highest BCUT2D eigenvalue weighted by Crippen LogP contribution is 2.11. The number of hydrogen-bond acceptors (Lipinski definition) is 4. The van der Waals surface area contributed by atoms with E-state index in [9.17, 15) is 9.59 Å². The molecule has 1 atom stereocenters. The first-order valence-electron chi connectivity index (χ1n) is 4.76. The minimum atomic E-state index is -1.19. The van der Waals surface area contributed by atoms with Crippen LogP contribution >= 0.6 is 0 Å². The maximum Gasteiger partial charge on any atom is 0.422 e. The third-order valence-electron chi connectivity index (χ3n) is 2.33. The van der Waals surface area contributed by atoms with Gasteiger partial charge in [-0.1, -0.05) is 0 Å². The van der Waals surface area contributed by atoms with Crippen molar-refractivity contribution >= 4 is 12.1 Å². The van der Waals surface area contributed by atoms with Gasteiger partial charge in [-0.05, 0) is 12.8 Å². The Hall–Kier alpha value is -1.34. The van der Waals surface area contributed by atoms with Gasteiger partial charge in [0.25, 0.3) is 0 Å². The Morgan fingerprint density at radius 2 is 1.87 bits per heavy atom. The van der Waals surface area contributed by atoms with Crippen LogP contribution in [0.1, 0.15) is 12.8 Å². The molecule has 7 nitrogen and oxygen atoms in total. The van der Waals surface area contributed by atoms with E-state index in [0.29, 0.717) is 13.1 Å². The van der Waals surface area contributed by atoms with E-state index < -0.39 is 18.1 Å². The molecule has 86 valence electrons. The SMILES string of the molecule is N[C@@H](CN(C(=O)O)N1CCCC1)C(=O)O. The van der Waals surface area contributed by atoms with Crippen LogP contribution in [0.4, 0.5) is 4.79 Å². The molecule has 0 radical (unpaired) electrons. The van der Waals surface area contributed by atoms with Crippen LogP contribution in [0.15, 0.2) is 0 Å². The van der Waals surface area contributed by atoms with Gasteiger partial charge in [-0.15, -0.1) is 0 Å². The number of aliphatic carboxylic acids is 1. The lowest BCUT2D eigenvalue weighted by atomic mass is 10.3. The Kier molecular flexibility index (Phi) is 3.87. The van der Waals surface area contributed by atoms with E-state index in [4.69, 9.17) is 15.9 Å². The van der Waals surface area contributed by atoms with Crippen LogP contribution in [0.25, 0.3) is 0 Å². The Morgan fingerprint density at radius 3 is 2.27 bits per heavy atom. The van der Waals surface area contributed by atoms with Crippen molar-refractivity contribution in [3.05, 3.63) is 0 Å². The third kappa shape index (κ3) is 3.07. The summed E-state index contributed by atoms with van der Waals surface area (Å²) >= 11 is 0. The zero-order chi connectivity index (χ0) is 11.4. The van der Waals surface area contributed by atoms with E-state index in [1.165, 1.54) is 0 Å². The van der Waals surface area contributed by atoms with Crippen LogP contribution in [0.3, 0.4) is 0 Å². The van der Waals surface area contributed by atoms with E-state index in [1.54, 1.807) is 5.01 Å². The number of rotatable bonds is 4. The van der Waals surface area contributed by atoms with Gasteiger partial charge >= 0.3 is 12.1 Å². The van der Waals surface area contributed by atoms with Crippen molar-refractivity contribution in [3.8, 4) is 0 Å². The van der Waals surface area contributed by atoms with Gasteiger partial charge in [0.1, 0.15) is 6.04 Å². The predicted molar refractivity (Wildman–Crippen MR) is 51.1 cm³/mol. The zero-order valence-electron chi connectivity index (χ0n) is 8.30. The Labute approximate surface area is 87.0 Å². The van der Waals surface area contributed by atoms with Crippen molar-refractivity contribution in [2.45, 2.75) is 18.9 Å². The summed E-state index contributed by atoms with van der Waals surface area (Å²) in [5.41, 5.74) is 5.29. The van der Waals surface area contributed by atoms with Crippen molar-refractivity contribution < 1.29 is 19.8 Å². The first-order valence-corrected chi connectivity index (χ1v) is 4.76. The van der Waals surface area contributed by atoms with Crippen LogP contribution in [0, 0.1) is 0 Å². The minimum absolute atomic E-state index is 0.204. The highest BCUT2D eigenvalue weighted by atomic mass is 16.4. The van der Waals surface area contributed by atoms with Crippen LogP contribution < -0.4 is 5.73 Å². The standard InChI is InChI=1S/C8H15N3O4/c9-6(7(12)13)5-11(8(14)15)10-3-1-2-4-10/h6H,1-5,9H2,(H,12,13)(H,14,15)/t6-/m0/s1. The first-order chi connectivity index (χ1) is 7.02. The van der Waals surface area contributed by atoms with Gasteiger partial charge in [-0.2, -0.15) is 0 Å². The molecule has 1 rings (SSSR count). The molecule has 0 aromatic rings. The predicted octanol–water partition coefficient (Wildman–Crippen LogP) is -0.611. The maximum atomic E-state index is 10.9. The fourth-order valence-electron chi connectivity index (χ4n) is 1.52. The monoisotopic (exact) mass is 217 g/mol. The van der Waals surface area contributed by atoms with E-state index in [0.717, 1.165) is 17.9 Å². The van der Waals surface area contributed by atoms with Crippen molar-refractivity contribution in [2.24, 2.45) is 5.73 Å². The summed E-state index contributed by atoms with van der Waals surface area (Å²) in [6.45, 7) is 1.07. The number of amides is 1. The largest absolute Gasteiger partial charge is 0.480 e. The molecule has 0 saturated carbocycles. The molecule has 0 aliphatic carbocycles. The number of carbonyl (C=O) groups is 2. The Balaban J connectivity index is 2.57. The summed E-state index contributed by atoms with van der Waals surface area (Å²) in [6, 6.07) is -1.18. The highest BCUT2D eigenvalue weighted by Gasteiger charge is 2.27. The second kappa shape index (κ2) is 4.94.